The van der Waals surface area contributed by atoms with Gasteiger partial charge in [-0.1, -0.05) is 12.1 Å². The summed E-state index contributed by atoms with van der Waals surface area (Å²) in [5, 5.41) is 9.75. The number of aryl methyl sites for hydroxylation is 1. The normalized spacial score (nSPS) is 11.3. The number of aromatic nitrogens is 1. The summed E-state index contributed by atoms with van der Waals surface area (Å²) in [6, 6.07) is 5.49. The fourth-order valence-electron chi connectivity index (χ4n) is 1.48. The Morgan fingerprint density at radius 1 is 1.32 bits per heavy atom. The number of hydrogen-bond donors (Lipinski definition) is 2. The number of phenols is 1. The van der Waals surface area contributed by atoms with Crippen LogP contribution < -0.4 is 4.72 Å². The van der Waals surface area contributed by atoms with Crippen molar-refractivity contribution in [2.45, 2.75) is 11.8 Å². The highest BCUT2D eigenvalue weighted by molar-refractivity contribution is 7.92. The molecule has 7 heteroatoms. The zero-order valence-electron chi connectivity index (χ0n) is 9.96. The standard InChI is InChI=1S/C12H11FN2O3S/c1-8-3-2-4-11(12(8)16)15-19(17,18)10-5-9(13)6-14-7-10/h2-7,15-16H,1H3. The number of halogens is 1. The van der Waals surface area contributed by atoms with Crippen LogP contribution in [0.1, 0.15) is 5.56 Å². The van der Waals surface area contributed by atoms with Crippen LogP contribution in [0.25, 0.3) is 0 Å². The van der Waals surface area contributed by atoms with Gasteiger partial charge in [0.2, 0.25) is 0 Å². The molecule has 0 bridgehead atoms. The van der Waals surface area contributed by atoms with Crippen LogP contribution in [-0.4, -0.2) is 18.5 Å². The first kappa shape index (κ1) is 13.3. The van der Waals surface area contributed by atoms with E-state index in [9.17, 15) is 17.9 Å². The number of nitrogens with one attached hydrogen (secondary N) is 1. The minimum absolute atomic E-state index is 0.0317. The lowest BCUT2D eigenvalue weighted by molar-refractivity contribution is 0.473. The molecular weight excluding hydrogens is 271 g/mol. The lowest BCUT2D eigenvalue weighted by Gasteiger charge is -2.10. The van der Waals surface area contributed by atoms with E-state index >= 15 is 0 Å². The summed E-state index contributed by atoms with van der Waals surface area (Å²) in [7, 11) is -3.99. The summed E-state index contributed by atoms with van der Waals surface area (Å²) in [5.41, 5.74) is 0.557. The van der Waals surface area contributed by atoms with E-state index in [0.29, 0.717) is 5.56 Å². The summed E-state index contributed by atoms with van der Waals surface area (Å²) in [6.07, 6.45) is 1.93. The van der Waals surface area contributed by atoms with Crippen LogP contribution in [0.15, 0.2) is 41.6 Å². The maximum absolute atomic E-state index is 13.0. The summed E-state index contributed by atoms with van der Waals surface area (Å²) < 4.78 is 39.1. The summed E-state index contributed by atoms with van der Waals surface area (Å²) in [4.78, 5) is 3.16. The van der Waals surface area contributed by atoms with E-state index in [0.717, 1.165) is 18.5 Å². The predicted molar refractivity (Wildman–Crippen MR) is 67.8 cm³/mol. The van der Waals surface area contributed by atoms with E-state index in [-0.39, 0.29) is 16.3 Å². The van der Waals surface area contributed by atoms with Crippen molar-refractivity contribution in [2.75, 3.05) is 4.72 Å². The van der Waals surface area contributed by atoms with Crippen LogP contribution in [-0.2, 0) is 10.0 Å². The number of phenolic OH excluding ortho intramolecular Hbond substituents is 1. The highest BCUT2D eigenvalue weighted by Crippen LogP contribution is 2.28. The number of para-hydroxylation sites is 1. The van der Waals surface area contributed by atoms with Crippen LogP contribution in [0, 0.1) is 12.7 Å². The molecule has 100 valence electrons. The molecule has 19 heavy (non-hydrogen) atoms. The maximum atomic E-state index is 13.0. The van der Waals surface area contributed by atoms with Crippen LogP contribution in [0.4, 0.5) is 10.1 Å². The van der Waals surface area contributed by atoms with Crippen LogP contribution in [0.5, 0.6) is 5.75 Å². The molecule has 2 N–H and O–H groups in total. The first-order chi connectivity index (χ1) is 8.90. The average molecular weight is 282 g/mol. The first-order valence-electron chi connectivity index (χ1n) is 5.32. The number of pyridine rings is 1. The molecule has 0 saturated heterocycles. The van der Waals surface area contributed by atoms with Gasteiger partial charge in [-0.05, 0) is 24.6 Å². The van der Waals surface area contributed by atoms with Crippen LogP contribution in [0.2, 0.25) is 0 Å². The number of hydrogen-bond acceptors (Lipinski definition) is 4. The molecular formula is C12H11FN2O3S. The van der Waals surface area contributed by atoms with E-state index in [4.69, 9.17) is 0 Å². The smallest absolute Gasteiger partial charge is 0.263 e. The van der Waals surface area contributed by atoms with Crippen molar-refractivity contribution in [1.29, 1.82) is 0 Å². The van der Waals surface area contributed by atoms with Crippen molar-refractivity contribution in [3.8, 4) is 5.75 Å². The lowest BCUT2D eigenvalue weighted by Crippen LogP contribution is -2.13. The minimum atomic E-state index is -3.99. The van der Waals surface area contributed by atoms with Crippen LogP contribution >= 0.6 is 0 Å². The molecule has 1 aromatic carbocycles. The van der Waals surface area contributed by atoms with Crippen molar-refractivity contribution in [2.24, 2.45) is 0 Å². The number of anilines is 1. The molecule has 0 aliphatic rings. The molecule has 0 saturated carbocycles. The van der Waals surface area contributed by atoms with Gasteiger partial charge in [-0.15, -0.1) is 0 Å². The number of rotatable bonds is 3. The molecule has 1 aromatic heterocycles. The molecule has 0 aliphatic carbocycles. The van der Waals surface area contributed by atoms with E-state index in [2.05, 4.69) is 9.71 Å². The third-order valence-electron chi connectivity index (χ3n) is 2.47. The van der Waals surface area contributed by atoms with Gasteiger partial charge >= 0.3 is 0 Å². The Bertz CT molecular complexity index is 717. The highest BCUT2D eigenvalue weighted by atomic mass is 32.2. The van der Waals surface area contributed by atoms with Gasteiger partial charge in [-0.2, -0.15) is 0 Å². The minimum Gasteiger partial charge on any atom is -0.505 e. The summed E-state index contributed by atoms with van der Waals surface area (Å²) in [5.74, 6) is -0.924. The monoisotopic (exact) mass is 282 g/mol. The Morgan fingerprint density at radius 2 is 2.05 bits per heavy atom. The summed E-state index contributed by atoms with van der Waals surface area (Å²) >= 11 is 0. The van der Waals surface area contributed by atoms with Crippen molar-refractivity contribution >= 4 is 15.7 Å². The largest absolute Gasteiger partial charge is 0.505 e. The molecule has 0 radical (unpaired) electrons. The zero-order valence-corrected chi connectivity index (χ0v) is 10.8. The Balaban J connectivity index is 2.39. The first-order valence-corrected chi connectivity index (χ1v) is 6.80. The van der Waals surface area contributed by atoms with E-state index in [1.165, 1.54) is 6.07 Å². The van der Waals surface area contributed by atoms with Gasteiger partial charge in [0.05, 0.1) is 11.9 Å². The van der Waals surface area contributed by atoms with Crippen molar-refractivity contribution in [3.63, 3.8) is 0 Å². The molecule has 0 spiro atoms. The Labute approximate surface area is 109 Å². The molecule has 0 unspecified atom stereocenters. The van der Waals surface area contributed by atoms with Gasteiger partial charge in [0.15, 0.2) is 0 Å². The second kappa shape index (κ2) is 4.85. The Morgan fingerprint density at radius 3 is 2.74 bits per heavy atom. The fraction of sp³-hybridized carbons (Fsp3) is 0.0833. The maximum Gasteiger partial charge on any atom is 0.263 e. The number of nitrogens with zero attached hydrogens (tertiary/aromatic N) is 1. The van der Waals surface area contributed by atoms with Crippen LogP contribution in [0.3, 0.4) is 0 Å². The van der Waals surface area contributed by atoms with Gasteiger partial charge in [-0.3, -0.25) is 9.71 Å². The number of benzene rings is 1. The third-order valence-corrected chi connectivity index (χ3v) is 3.80. The van der Waals surface area contributed by atoms with Gasteiger partial charge in [0.25, 0.3) is 10.0 Å². The number of aromatic hydroxyl groups is 1. The van der Waals surface area contributed by atoms with Gasteiger partial charge < -0.3 is 5.11 Å². The molecule has 0 atom stereocenters. The molecule has 1 heterocycles. The highest BCUT2D eigenvalue weighted by Gasteiger charge is 2.17. The number of sulfonamides is 1. The molecule has 2 aromatic rings. The predicted octanol–water partition coefficient (Wildman–Crippen LogP) is 2.04. The SMILES string of the molecule is Cc1cccc(NS(=O)(=O)c2cncc(F)c2)c1O. The third kappa shape index (κ3) is 2.82. The molecule has 5 nitrogen and oxygen atoms in total. The van der Waals surface area contributed by atoms with Gasteiger partial charge in [-0.25, -0.2) is 12.8 Å². The van der Waals surface area contributed by atoms with Gasteiger partial charge in [0, 0.05) is 6.20 Å². The van der Waals surface area contributed by atoms with E-state index in [1.54, 1.807) is 19.1 Å². The molecule has 0 fully saturated rings. The Kier molecular flexibility index (Phi) is 3.39. The second-order valence-electron chi connectivity index (χ2n) is 3.92. The van der Waals surface area contributed by atoms with Crippen molar-refractivity contribution in [1.82, 2.24) is 4.98 Å². The fourth-order valence-corrected chi connectivity index (χ4v) is 2.52. The Hall–Kier alpha value is -2.15. The van der Waals surface area contributed by atoms with Crippen molar-refractivity contribution in [3.05, 3.63) is 48.0 Å². The van der Waals surface area contributed by atoms with Gasteiger partial charge in [0.1, 0.15) is 16.5 Å². The average Bonchev–Trinajstić information content (AvgIpc) is 2.35. The molecule has 2 rings (SSSR count). The second-order valence-corrected chi connectivity index (χ2v) is 5.60. The molecule has 0 amide bonds. The quantitative estimate of drug-likeness (QED) is 0.844. The molecule has 0 aliphatic heterocycles. The lowest BCUT2D eigenvalue weighted by atomic mass is 10.2. The van der Waals surface area contributed by atoms with E-state index in [1.807, 2.05) is 0 Å². The van der Waals surface area contributed by atoms with E-state index < -0.39 is 15.8 Å². The van der Waals surface area contributed by atoms with Crippen molar-refractivity contribution < 1.29 is 17.9 Å². The topological polar surface area (TPSA) is 79.3 Å². The zero-order chi connectivity index (χ0) is 14.0. The summed E-state index contributed by atoms with van der Waals surface area (Å²) in [6.45, 7) is 1.64.